The average Bonchev–Trinajstić information content (AvgIpc) is 2.91. The highest BCUT2D eigenvalue weighted by Crippen LogP contribution is 2.21. The van der Waals surface area contributed by atoms with Crippen LogP contribution in [0.5, 0.6) is 0 Å². The predicted molar refractivity (Wildman–Crippen MR) is 93.9 cm³/mol. The summed E-state index contributed by atoms with van der Waals surface area (Å²) in [4.78, 5) is 26.2. The van der Waals surface area contributed by atoms with Gasteiger partial charge in [-0.15, -0.1) is 11.3 Å². The molecule has 0 bridgehead atoms. The first-order valence-electron chi connectivity index (χ1n) is 7.02. The zero-order valence-electron chi connectivity index (χ0n) is 12.9. The van der Waals surface area contributed by atoms with E-state index in [2.05, 4.69) is 21.2 Å². The molecule has 0 spiro atoms. The molecule has 1 atom stereocenters. The lowest BCUT2D eigenvalue weighted by Gasteiger charge is -2.14. The number of carbonyl (C=O) groups excluding carboxylic acids is 2. The quantitative estimate of drug-likeness (QED) is 0.732. The number of thiophene rings is 1. The summed E-state index contributed by atoms with van der Waals surface area (Å²) in [5.74, 6) is -0.612. The number of amides is 1. The summed E-state index contributed by atoms with van der Waals surface area (Å²) in [6, 6.07) is 10.9. The van der Waals surface area contributed by atoms with E-state index in [4.69, 9.17) is 4.74 Å². The molecule has 1 unspecified atom stereocenters. The number of para-hydroxylation sites is 1. The van der Waals surface area contributed by atoms with Gasteiger partial charge in [0.05, 0.1) is 34.1 Å². The third kappa shape index (κ3) is 5.16. The monoisotopic (exact) mass is 397 g/mol. The predicted octanol–water partition coefficient (Wildman–Crippen LogP) is 1.95. The van der Waals surface area contributed by atoms with Crippen molar-refractivity contribution in [2.24, 2.45) is 0 Å². The smallest absolute Gasteiger partial charge is 0.339 e. The first-order valence-corrected chi connectivity index (χ1v) is 8.63. The van der Waals surface area contributed by atoms with E-state index in [-0.39, 0.29) is 5.91 Å². The van der Waals surface area contributed by atoms with Crippen molar-refractivity contribution in [2.75, 3.05) is 26.0 Å². The highest BCUT2D eigenvalue weighted by molar-refractivity contribution is 9.11. The Bertz CT molecular complexity index is 702. The van der Waals surface area contributed by atoms with Gasteiger partial charge in [0.2, 0.25) is 0 Å². The molecule has 0 fully saturated rings. The van der Waals surface area contributed by atoms with Crippen molar-refractivity contribution in [3.63, 3.8) is 0 Å². The van der Waals surface area contributed by atoms with Gasteiger partial charge in [0.1, 0.15) is 6.54 Å². The van der Waals surface area contributed by atoms with Crippen LogP contribution in [-0.2, 0) is 16.1 Å². The molecule has 0 saturated carbocycles. The minimum Gasteiger partial charge on any atom is -0.465 e. The lowest BCUT2D eigenvalue weighted by atomic mass is 10.2. The van der Waals surface area contributed by atoms with Crippen molar-refractivity contribution >= 4 is 44.8 Å². The molecule has 0 radical (unpaired) electrons. The second kappa shape index (κ2) is 8.24. The third-order valence-corrected chi connectivity index (χ3v) is 4.80. The first-order chi connectivity index (χ1) is 11.0. The van der Waals surface area contributed by atoms with Crippen LogP contribution in [0, 0.1) is 0 Å². The van der Waals surface area contributed by atoms with Crippen LogP contribution >= 0.6 is 27.3 Å². The number of nitrogens with one attached hydrogen (secondary N) is 2. The van der Waals surface area contributed by atoms with Gasteiger partial charge >= 0.3 is 5.97 Å². The fraction of sp³-hybridized carbons (Fsp3) is 0.250. The number of methoxy groups -OCH3 is 1. The molecule has 2 N–H and O–H groups in total. The van der Waals surface area contributed by atoms with Crippen LogP contribution in [0.4, 0.5) is 5.69 Å². The van der Waals surface area contributed by atoms with Crippen molar-refractivity contribution in [3.8, 4) is 0 Å². The summed E-state index contributed by atoms with van der Waals surface area (Å²) in [6.45, 7) is 1.08. The number of esters is 1. The number of rotatable bonds is 6. The molecule has 0 aliphatic carbocycles. The van der Waals surface area contributed by atoms with Crippen molar-refractivity contribution in [3.05, 3.63) is 50.6 Å². The van der Waals surface area contributed by atoms with Gasteiger partial charge in [-0.05, 0) is 40.2 Å². The molecule has 0 aliphatic rings. The molecule has 2 rings (SSSR count). The molecule has 1 aromatic heterocycles. The average molecular weight is 398 g/mol. The van der Waals surface area contributed by atoms with Gasteiger partial charge in [-0.25, -0.2) is 4.79 Å². The molecule has 7 heteroatoms. The van der Waals surface area contributed by atoms with Crippen LogP contribution in [0.25, 0.3) is 0 Å². The zero-order valence-corrected chi connectivity index (χ0v) is 15.3. The van der Waals surface area contributed by atoms with Crippen molar-refractivity contribution in [1.29, 1.82) is 0 Å². The third-order valence-electron chi connectivity index (χ3n) is 3.17. The fourth-order valence-corrected chi connectivity index (χ4v) is 3.75. The van der Waals surface area contributed by atoms with Crippen LogP contribution in [0.1, 0.15) is 15.2 Å². The van der Waals surface area contributed by atoms with Gasteiger partial charge in [0, 0.05) is 0 Å². The minimum absolute atomic E-state index is 0.144. The number of carbonyl (C=O) groups is 2. The van der Waals surface area contributed by atoms with E-state index in [1.165, 1.54) is 12.0 Å². The summed E-state index contributed by atoms with van der Waals surface area (Å²) < 4.78 is 5.80. The minimum atomic E-state index is -0.468. The number of quaternary nitrogens is 1. The summed E-state index contributed by atoms with van der Waals surface area (Å²) in [6.07, 6.45) is 0. The second-order valence-electron chi connectivity index (χ2n) is 5.10. The molecule has 2 aromatic rings. The largest absolute Gasteiger partial charge is 0.465 e. The molecule has 1 heterocycles. The number of halogens is 1. The van der Waals surface area contributed by atoms with Crippen LogP contribution in [0.2, 0.25) is 0 Å². The van der Waals surface area contributed by atoms with E-state index in [1.54, 1.807) is 35.6 Å². The number of ether oxygens (including phenoxy) is 1. The summed E-state index contributed by atoms with van der Waals surface area (Å²) in [5.41, 5.74) is 0.819. The van der Waals surface area contributed by atoms with Crippen molar-refractivity contribution in [2.45, 2.75) is 6.54 Å². The van der Waals surface area contributed by atoms with E-state index in [9.17, 15) is 9.59 Å². The van der Waals surface area contributed by atoms with E-state index in [0.29, 0.717) is 17.8 Å². The van der Waals surface area contributed by atoms with Gasteiger partial charge in [0.15, 0.2) is 6.54 Å². The summed E-state index contributed by atoms with van der Waals surface area (Å²) >= 11 is 5.09. The molecule has 23 heavy (non-hydrogen) atoms. The summed E-state index contributed by atoms with van der Waals surface area (Å²) in [7, 11) is 3.28. The van der Waals surface area contributed by atoms with Crippen LogP contribution in [0.15, 0.2) is 40.2 Å². The van der Waals surface area contributed by atoms with Gasteiger partial charge in [0.25, 0.3) is 5.91 Å². The summed E-state index contributed by atoms with van der Waals surface area (Å²) in [5, 5.41) is 2.78. The van der Waals surface area contributed by atoms with E-state index in [0.717, 1.165) is 15.2 Å². The van der Waals surface area contributed by atoms with Crippen molar-refractivity contribution in [1.82, 2.24) is 0 Å². The maximum Gasteiger partial charge on any atom is 0.339 e. The Hall–Kier alpha value is -1.70. The molecule has 0 aliphatic heterocycles. The highest BCUT2D eigenvalue weighted by atomic mass is 79.9. The Labute approximate surface area is 147 Å². The number of hydrogen-bond donors (Lipinski definition) is 2. The lowest BCUT2D eigenvalue weighted by molar-refractivity contribution is -0.884. The van der Waals surface area contributed by atoms with Crippen LogP contribution in [0.3, 0.4) is 0 Å². The Kier molecular flexibility index (Phi) is 6.32. The zero-order chi connectivity index (χ0) is 16.8. The molecular weight excluding hydrogens is 380 g/mol. The maximum atomic E-state index is 12.2. The topological polar surface area (TPSA) is 59.8 Å². The van der Waals surface area contributed by atoms with E-state index >= 15 is 0 Å². The Morgan fingerprint density at radius 3 is 2.65 bits per heavy atom. The molecule has 122 valence electrons. The molecule has 1 aromatic carbocycles. The number of benzene rings is 1. The van der Waals surface area contributed by atoms with Gasteiger partial charge in [-0.2, -0.15) is 0 Å². The highest BCUT2D eigenvalue weighted by Gasteiger charge is 2.16. The van der Waals surface area contributed by atoms with Gasteiger partial charge in [-0.1, -0.05) is 12.1 Å². The maximum absolute atomic E-state index is 12.2. The normalized spacial score (nSPS) is 11.8. The molecule has 1 amide bonds. The number of hydrogen-bond acceptors (Lipinski definition) is 4. The SMILES string of the molecule is COC(=O)c1ccccc1NC(=O)C[NH+](C)Cc1ccc(Br)s1. The van der Waals surface area contributed by atoms with E-state index in [1.807, 2.05) is 19.2 Å². The molecule has 5 nitrogen and oxygen atoms in total. The van der Waals surface area contributed by atoms with Crippen LogP contribution in [-0.4, -0.2) is 32.6 Å². The molecule has 0 saturated heterocycles. The number of likely N-dealkylation sites (N-methyl/N-ethyl adjacent to an activating group) is 1. The Balaban J connectivity index is 1.95. The van der Waals surface area contributed by atoms with Crippen LogP contribution < -0.4 is 10.2 Å². The Morgan fingerprint density at radius 1 is 1.26 bits per heavy atom. The molecular formula is C16H18BrN2O3S+. The first kappa shape index (κ1) is 17.7. The Morgan fingerprint density at radius 2 is 2.00 bits per heavy atom. The van der Waals surface area contributed by atoms with Gasteiger partial charge in [-0.3, -0.25) is 4.79 Å². The van der Waals surface area contributed by atoms with E-state index < -0.39 is 5.97 Å². The second-order valence-corrected chi connectivity index (χ2v) is 7.65. The lowest BCUT2D eigenvalue weighted by Crippen LogP contribution is -3.08. The number of anilines is 1. The fourth-order valence-electron chi connectivity index (χ4n) is 2.16. The standard InChI is InChI=1S/C16H17BrN2O3S/c1-19(9-11-7-8-14(17)23-11)10-15(20)18-13-6-4-3-5-12(13)16(21)22-2/h3-8H,9-10H2,1-2H3,(H,18,20)/p+1. The van der Waals surface area contributed by atoms with Gasteiger partial charge < -0.3 is 15.0 Å². The van der Waals surface area contributed by atoms with Crippen molar-refractivity contribution < 1.29 is 19.2 Å².